The number of anilines is 1. The van der Waals surface area contributed by atoms with Gasteiger partial charge < -0.3 is 5.32 Å². The van der Waals surface area contributed by atoms with Gasteiger partial charge in [-0.05, 0) is 37.6 Å². The quantitative estimate of drug-likeness (QED) is 0.671. The lowest BCUT2D eigenvalue weighted by Crippen LogP contribution is -2.13. The predicted octanol–water partition coefficient (Wildman–Crippen LogP) is 3.87. The van der Waals surface area contributed by atoms with Gasteiger partial charge >= 0.3 is 0 Å². The Morgan fingerprint density at radius 1 is 1.29 bits per heavy atom. The highest BCUT2D eigenvalue weighted by Crippen LogP contribution is 2.21. The Hall–Kier alpha value is -1.59. The molecule has 1 aromatic heterocycles. The lowest BCUT2D eigenvalue weighted by molar-refractivity contribution is -0.115. The highest BCUT2D eigenvalue weighted by molar-refractivity contribution is 7.99. The van der Waals surface area contributed by atoms with Crippen LogP contribution in [0.2, 0.25) is 5.02 Å². The van der Waals surface area contributed by atoms with Gasteiger partial charge in [0, 0.05) is 28.6 Å². The van der Waals surface area contributed by atoms with E-state index in [9.17, 15) is 4.79 Å². The van der Waals surface area contributed by atoms with Crippen molar-refractivity contribution in [2.45, 2.75) is 25.3 Å². The van der Waals surface area contributed by atoms with Crippen LogP contribution in [0.5, 0.6) is 0 Å². The molecule has 0 unspecified atom stereocenters. The van der Waals surface area contributed by atoms with Gasteiger partial charge in [-0.2, -0.15) is 0 Å². The molecular weight excluding hydrogens is 306 g/mol. The number of benzene rings is 1. The second-order valence-corrected chi connectivity index (χ2v) is 6.16. The largest absolute Gasteiger partial charge is 0.326 e. The Morgan fingerprint density at radius 2 is 2.10 bits per heavy atom. The van der Waals surface area contributed by atoms with E-state index in [1.54, 1.807) is 23.9 Å². The Balaban J connectivity index is 1.84. The lowest BCUT2D eigenvalue weighted by atomic mass is 10.2. The van der Waals surface area contributed by atoms with Crippen molar-refractivity contribution in [3.05, 3.63) is 46.9 Å². The van der Waals surface area contributed by atoms with E-state index < -0.39 is 0 Å². The zero-order valence-corrected chi connectivity index (χ0v) is 13.5. The third-order valence-corrected chi connectivity index (χ3v) is 3.99. The summed E-state index contributed by atoms with van der Waals surface area (Å²) in [6, 6.07) is 7.36. The SMILES string of the molecule is Cc1cc(SCCC(=O)Nc2cc(Cl)ccc2C)ncn1. The molecular formula is C15H16ClN3OS. The maximum atomic E-state index is 11.9. The summed E-state index contributed by atoms with van der Waals surface area (Å²) in [5, 5.41) is 4.38. The van der Waals surface area contributed by atoms with Gasteiger partial charge in [0.05, 0.1) is 5.03 Å². The van der Waals surface area contributed by atoms with Crippen molar-refractivity contribution in [1.29, 1.82) is 0 Å². The summed E-state index contributed by atoms with van der Waals surface area (Å²) in [7, 11) is 0. The standard InChI is InChI=1S/C15H16ClN3OS/c1-10-3-4-12(16)8-13(10)19-14(20)5-6-21-15-7-11(2)17-9-18-15/h3-4,7-9H,5-6H2,1-2H3,(H,19,20). The first kappa shape index (κ1) is 15.8. The monoisotopic (exact) mass is 321 g/mol. The molecule has 6 heteroatoms. The molecule has 0 atom stereocenters. The first-order valence-corrected chi connectivity index (χ1v) is 7.88. The summed E-state index contributed by atoms with van der Waals surface area (Å²) >= 11 is 7.47. The number of aryl methyl sites for hydroxylation is 2. The Morgan fingerprint density at radius 3 is 2.86 bits per heavy atom. The first-order chi connectivity index (χ1) is 10.0. The van der Waals surface area contributed by atoms with Crippen molar-refractivity contribution < 1.29 is 4.79 Å². The maximum Gasteiger partial charge on any atom is 0.225 e. The van der Waals surface area contributed by atoms with Crippen LogP contribution < -0.4 is 5.32 Å². The van der Waals surface area contributed by atoms with E-state index in [-0.39, 0.29) is 5.91 Å². The number of thioether (sulfide) groups is 1. The molecule has 4 nitrogen and oxygen atoms in total. The molecule has 1 amide bonds. The van der Waals surface area contributed by atoms with Crippen LogP contribution in [0, 0.1) is 13.8 Å². The smallest absolute Gasteiger partial charge is 0.225 e. The molecule has 2 rings (SSSR count). The summed E-state index contributed by atoms with van der Waals surface area (Å²) in [6.45, 7) is 3.85. The number of hydrogen-bond acceptors (Lipinski definition) is 4. The predicted molar refractivity (Wildman–Crippen MR) is 86.9 cm³/mol. The topological polar surface area (TPSA) is 54.9 Å². The lowest BCUT2D eigenvalue weighted by Gasteiger charge is -2.08. The van der Waals surface area contributed by atoms with Gasteiger partial charge in [0.1, 0.15) is 6.33 Å². The average Bonchev–Trinajstić information content (AvgIpc) is 2.43. The van der Waals surface area contributed by atoms with Gasteiger partial charge in [0.2, 0.25) is 5.91 Å². The molecule has 0 saturated carbocycles. The van der Waals surface area contributed by atoms with Gasteiger partial charge in [-0.3, -0.25) is 4.79 Å². The van der Waals surface area contributed by atoms with Crippen molar-refractivity contribution in [2.75, 3.05) is 11.1 Å². The van der Waals surface area contributed by atoms with E-state index in [0.29, 0.717) is 17.2 Å². The molecule has 0 bridgehead atoms. The van der Waals surface area contributed by atoms with Gasteiger partial charge in [0.25, 0.3) is 0 Å². The molecule has 0 aliphatic rings. The van der Waals surface area contributed by atoms with E-state index in [1.807, 2.05) is 26.0 Å². The fraction of sp³-hybridized carbons (Fsp3) is 0.267. The molecule has 0 aliphatic heterocycles. The summed E-state index contributed by atoms with van der Waals surface area (Å²) in [6.07, 6.45) is 1.95. The third-order valence-electron chi connectivity index (χ3n) is 2.83. The average molecular weight is 322 g/mol. The number of halogens is 1. The molecule has 0 radical (unpaired) electrons. The van der Waals surface area contributed by atoms with E-state index in [0.717, 1.165) is 22.0 Å². The van der Waals surface area contributed by atoms with Crippen LogP contribution in [0.25, 0.3) is 0 Å². The number of aromatic nitrogens is 2. The second-order valence-electron chi connectivity index (χ2n) is 4.60. The number of hydrogen-bond donors (Lipinski definition) is 1. The van der Waals surface area contributed by atoms with Crippen LogP contribution in [-0.4, -0.2) is 21.6 Å². The molecule has 0 fully saturated rings. The number of nitrogens with one attached hydrogen (secondary N) is 1. The Bertz CT molecular complexity index is 649. The van der Waals surface area contributed by atoms with Gasteiger partial charge in [-0.1, -0.05) is 17.7 Å². The minimum Gasteiger partial charge on any atom is -0.326 e. The van der Waals surface area contributed by atoms with Crippen molar-refractivity contribution in [1.82, 2.24) is 9.97 Å². The molecule has 110 valence electrons. The Labute approximate surface area is 133 Å². The van der Waals surface area contributed by atoms with Crippen molar-refractivity contribution in [2.24, 2.45) is 0 Å². The number of nitrogens with zero attached hydrogens (tertiary/aromatic N) is 2. The molecule has 1 aromatic carbocycles. The van der Waals surface area contributed by atoms with Crippen molar-refractivity contribution >= 4 is 35.0 Å². The van der Waals surface area contributed by atoms with Crippen molar-refractivity contribution in [3.8, 4) is 0 Å². The van der Waals surface area contributed by atoms with Gasteiger partial charge in [-0.25, -0.2) is 9.97 Å². The molecule has 0 saturated heterocycles. The minimum atomic E-state index is -0.0290. The fourth-order valence-corrected chi connectivity index (χ4v) is 2.74. The number of amides is 1. The van der Waals surface area contributed by atoms with Crippen molar-refractivity contribution in [3.63, 3.8) is 0 Å². The summed E-state index contributed by atoms with van der Waals surface area (Å²) < 4.78 is 0. The fourth-order valence-electron chi connectivity index (χ4n) is 1.70. The molecule has 2 aromatic rings. The molecule has 21 heavy (non-hydrogen) atoms. The van der Waals surface area contributed by atoms with Gasteiger partial charge in [-0.15, -0.1) is 11.8 Å². The summed E-state index contributed by atoms with van der Waals surface area (Å²) in [5.74, 6) is 0.640. The maximum absolute atomic E-state index is 11.9. The normalized spacial score (nSPS) is 10.4. The van der Waals surface area contributed by atoms with E-state index in [1.165, 1.54) is 6.33 Å². The number of carbonyl (C=O) groups excluding carboxylic acids is 1. The molecule has 0 aliphatic carbocycles. The molecule has 1 N–H and O–H groups in total. The highest BCUT2D eigenvalue weighted by Gasteiger charge is 2.06. The number of rotatable bonds is 5. The second kappa shape index (κ2) is 7.43. The van der Waals surface area contributed by atoms with Crippen LogP contribution in [0.3, 0.4) is 0 Å². The van der Waals surface area contributed by atoms with Crippen LogP contribution >= 0.6 is 23.4 Å². The van der Waals surface area contributed by atoms with Gasteiger partial charge in [0.15, 0.2) is 0 Å². The zero-order valence-electron chi connectivity index (χ0n) is 11.9. The third kappa shape index (κ3) is 5.02. The molecule has 1 heterocycles. The summed E-state index contributed by atoms with van der Waals surface area (Å²) in [5.41, 5.74) is 2.67. The summed E-state index contributed by atoms with van der Waals surface area (Å²) in [4.78, 5) is 20.1. The van der Waals surface area contributed by atoms with Crippen LogP contribution in [0.1, 0.15) is 17.7 Å². The van der Waals surface area contributed by atoms with Crippen LogP contribution in [0.4, 0.5) is 5.69 Å². The molecule has 0 spiro atoms. The minimum absolute atomic E-state index is 0.0290. The first-order valence-electron chi connectivity index (χ1n) is 6.52. The highest BCUT2D eigenvalue weighted by atomic mass is 35.5. The Kier molecular flexibility index (Phi) is 5.59. The van der Waals surface area contributed by atoms with E-state index in [2.05, 4.69) is 15.3 Å². The van der Waals surface area contributed by atoms with E-state index >= 15 is 0 Å². The van der Waals surface area contributed by atoms with Crippen LogP contribution in [0.15, 0.2) is 35.6 Å². The van der Waals surface area contributed by atoms with E-state index in [4.69, 9.17) is 11.6 Å². The van der Waals surface area contributed by atoms with Crippen LogP contribution in [-0.2, 0) is 4.79 Å². The number of carbonyl (C=O) groups is 1. The zero-order chi connectivity index (χ0) is 15.2.